The highest BCUT2D eigenvalue weighted by Crippen LogP contribution is 2.29. The van der Waals surface area contributed by atoms with E-state index in [-0.39, 0.29) is 28.6 Å². The van der Waals surface area contributed by atoms with Crippen molar-refractivity contribution in [2.45, 2.75) is 25.3 Å². The molecule has 8 nitrogen and oxygen atoms in total. The molecule has 0 atom stereocenters. The number of morpholine rings is 1. The topological polar surface area (TPSA) is 93.5 Å². The highest BCUT2D eigenvalue weighted by Gasteiger charge is 2.24. The SMILES string of the molecule is Cc1csc(-c2cc(S(=O)(=O)Nc3cccc(F)c3C)cn2CC(=O)N2CCOCC2)n1. The summed E-state index contributed by atoms with van der Waals surface area (Å²) >= 11 is 1.37. The molecule has 0 radical (unpaired) electrons. The van der Waals surface area contributed by atoms with Crippen LogP contribution in [0.3, 0.4) is 0 Å². The van der Waals surface area contributed by atoms with E-state index in [1.165, 1.54) is 48.7 Å². The first-order valence-corrected chi connectivity index (χ1v) is 12.4. The molecule has 32 heavy (non-hydrogen) atoms. The van der Waals surface area contributed by atoms with E-state index >= 15 is 0 Å². The van der Waals surface area contributed by atoms with E-state index in [1.807, 2.05) is 12.3 Å². The van der Waals surface area contributed by atoms with E-state index < -0.39 is 15.8 Å². The molecule has 1 aliphatic rings. The molecule has 4 rings (SSSR count). The lowest BCUT2D eigenvalue weighted by Gasteiger charge is -2.27. The summed E-state index contributed by atoms with van der Waals surface area (Å²) in [6.07, 6.45) is 1.42. The summed E-state index contributed by atoms with van der Waals surface area (Å²) in [6.45, 7) is 5.28. The summed E-state index contributed by atoms with van der Waals surface area (Å²) in [5, 5.41) is 2.47. The standard InChI is InChI=1S/C21H23FN4O4S2/c1-14-13-31-21(23-14)19-10-16(11-26(19)12-20(27)25-6-8-30-9-7-25)32(28,29)24-18-5-3-4-17(22)15(18)2/h3-5,10-11,13,24H,6-9,12H2,1-2H3. The highest BCUT2D eigenvalue weighted by molar-refractivity contribution is 7.92. The molecule has 0 bridgehead atoms. The van der Waals surface area contributed by atoms with Gasteiger partial charge in [-0.25, -0.2) is 17.8 Å². The van der Waals surface area contributed by atoms with Crippen LogP contribution in [-0.2, 0) is 26.1 Å². The number of aryl methyl sites for hydroxylation is 1. The van der Waals surface area contributed by atoms with Crippen LogP contribution in [0.15, 0.2) is 40.7 Å². The van der Waals surface area contributed by atoms with Crippen LogP contribution in [-0.4, -0.2) is 55.1 Å². The van der Waals surface area contributed by atoms with Gasteiger partial charge in [0.05, 0.1) is 24.6 Å². The van der Waals surface area contributed by atoms with Gasteiger partial charge in [0.25, 0.3) is 10.0 Å². The molecular formula is C21H23FN4O4S2. The molecule has 0 spiro atoms. The summed E-state index contributed by atoms with van der Waals surface area (Å²) in [5.74, 6) is -0.630. The number of aromatic nitrogens is 2. The van der Waals surface area contributed by atoms with E-state index in [4.69, 9.17) is 4.74 Å². The number of hydrogen-bond donors (Lipinski definition) is 1. The van der Waals surface area contributed by atoms with Gasteiger partial charge in [0.15, 0.2) is 0 Å². The minimum atomic E-state index is -4.02. The maximum Gasteiger partial charge on any atom is 0.263 e. The Balaban J connectivity index is 1.68. The normalized spacial score (nSPS) is 14.5. The Labute approximate surface area is 189 Å². The summed E-state index contributed by atoms with van der Waals surface area (Å²) in [6, 6.07) is 5.70. The average molecular weight is 479 g/mol. The van der Waals surface area contributed by atoms with E-state index in [0.29, 0.717) is 37.0 Å². The van der Waals surface area contributed by atoms with Crippen molar-refractivity contribution in [3.05, 3.63) is 52.9 Å². The molecule has 1 aromatic carbocycles. The lowest BCUT2D eigenvalue weighted by Crippen LogP contribution is -2.42. The van der Waals surface area contributed by atoms with Crippen molar-refractivity contribution in [1.29, 1.82) is 0 Å². The summed E-state index contributed by atoms with van der Waals surface area (Å²) < 4.78 is 49.4. The fraction of sp³-hybridized carbons (Fsp3) is 0.333. The second-order valence-electron chi connectivity index (χ2n) is 7.49. The third kappa shape index (κ3) is 4.69. The van der Waals surface area contributed by atoms with Crippen molar-refractivity contribution < 1.29 is 22.3 Å². The van der Waals surface area contributed by atoms with Gasteiger partial charge >= 0.3 is 0 Å². The van der Waals surface area contributed by atoms with Crippen LogP contribution in [0.4, 0.5) is 10.1 Å². The average Bonchev–Trinajstić information content (AvgIpc) is 3.38. The molecule has 3 heterocycles. The Morgan fingerprint density at radius 1 is 1.28 bits per heavy atom. The summed E-state index contributed by atoms with van der Waals surface area (Å²) in [7, 11) is -4.02. The lowest BCUT2D eigenvalue weighted by molar-refractivity contribution is -0.135. The molecule has 0 saturated carbocycles. The Kier molecular flexibility index (Phi) is 6.31. The lowest BCUT2D eigenvalue weighted by atomic mass is 10.2. The zero-order valence-electron chi connectivity index (χ0n) is 17.7. The van der Waals surface area contributed by atoms with E-state index in [9.17, 15) is 17.6 Å². The molecule has 2 aromatic heterocycles. The number of rotatable bonds is 6. The second kappa shape index (κ2) is 9.00. The first-order valence-electron chi connectivity index (χ1n) is 10.0. The van der Waals surface area contributed by atoms with E-state index in [1.54, 1.807) is 9.47 Å². The van der Waals surface area contributed by atoms with Gasteiger partial charge in [-0.3, -0.25) is 9.52 Å². The van der Waals surface area contributed by atoms with Crippen LogP contribution in [0.1, 0.15) is 11.3 Å². The van der Waals surface area contributed by atoms with Crippen molar-refractivity contribution in [3.63, 3.8) is 0 Å². The second-order valence-corrected chi connectivity index (χ2v) is 10.0. The molecule has 1 N–H and O–H groups in total. The number of amides is 1. The number of thiazole rings is 1. The minimum Gasteiger partial charge on any atom is -0.378 e. The molecule has 1 amide bonds. The fourth-order valence-electron chi connectivity index (χ4n) is 3.39. The van der Waals surface area contributed by atoms with Crippen LogP contribution in [0.5, 0.6) is 0 Å². The first-order chi connectivity index (χ1) is 15.2. The quantitative estimate of drug-likeness (QED) is 0.588. The van der Waals surface area contributed by atoms with Crippen LogP contribution >= 0.6 is 11.3 Å². The monoisotopic (exact) mass is 478 g/mol. The number of halogens is 1. The van der Waals surface area contributed by atoms with Gasteiger partial charge in [-0.05, 0) is 32.0 Å². The van der Waals surface area contributed by atoms with Gasteiger partial charge in [0.2, 0.25) is 5.91 Å². The third-order valence-electron chi connectivity index (χ3n) is 5.20. The van der Waals surface area contributed by atoms with Gasteiger partial charge in [-0.2, -0.15) is 0 Å². The zero-order chi connectivity index (χ0) is 22.9. The number of benzene rings is 1. The van der Waals surface area contributed by atoms with Crippen LogP contribution in [0, 0.1) is 19.7 Å². The summed E-state index contributed by atoms with van der Waals surface area (Å²) in [5.41, 5.74) is 1.69. The van der Waals surface area contributed by atoms with Crippen molar-refractivity contribution >= 4 is 33.0 Å². The van der Waals surface area contributed by atoms with Crippen molar-refractivity contribution in [3.8, 4) is 10.7 Å². The number of anilines is 1. The number of carbonyl (C=O) groups excluding carboxylic acids is 1. The minimum absolute atomic E-state index is 0.0253. The summed E-state index contributed by atoms with van der Waals surface area (Å²) in [4.78, 5) is 18.9. The Morgan fingerprint density at radius 3 is 2.72 bits per heavy atom. The van der Waals surface area contributed by atoms with Crippen LogP contribution < -0.4 is 4.72 Å². The third-order valence-corrected chi connectivity index (χ3v) is 7.52. The molecular weight excluding hydrogens is 455 g/mol. The number of hydrogen-bond acceptors (Lipinski definition) is 6. The van der Waals surface area contributed by atoms with Gasteiger partial charge < -0.3 is 14.2 Å². The zero-order valence-corrected chi connectivity index (χ0v) is 19.3. The maximum atomic E-state index is 13.9. The predicted molar refractivity (Wildman–Crippen MR) is 120 cm³/mol. The van der Waals surface area contributed by atoms with Crippen molar-refractivity contribution in [2.75, 3.05) is 31.0 Å². The molecule has 3 aromatic rings. The largest absolute Gasteiger partial charge is 0.378 e. The number of sulfonamides is 1. The Hall–Kier alpha value is -2.76. The van der Waals surface area contributed by atoms with E-state index in [2.05, 4.69) is 9.71 Å². The molecule has 11 heteroatoms. The Morgan fingerprint density at radius 2 is 2.03 bits per heavy atom. The first kappa shape index (κ1) is 22.4. The van der Waals surface area contributed by atoms with Gasteiger partial charge in [0, 0.05) is 35.9 Å². The highest BCUT2D eigenvalue weighted by atomic mass is 32.2. The number of carbonyl (C=O) groups is 1. The van der Waals surface area contributed by atoms with Gasteiger partial charge in [-0.1, -0.05) is 6.07 Å². The van der Waals surface area contributed by atoms with Crippen molar-refractivity contribution in [1.82, 2.24) is 14.5 Å². The molecule has 1 aliphatic heterocycles. The molecule has 0 aliphatic carbocycles. The van der Waals surface area contributed by atoms with E-state index in [0.717, 1.165) is 5.69 Å². The number of nitrogens with zero attached hydrogens (tertiary/aromatic N) is 3. The number of nitrogens with one attached hydrogen (secondary N) is 1. The molecule has 1 saturated heterocycles. The van der Waals surface area contributed by atoms with Gasteiger partial charge in [-0.15, -0.1) is 11.3 Å². The fourth-order valence-corrected chi connectivity index (χ4v) is 5.38. The molecule has 170 valence electrons. The maximum absolute atomic E-state index is 13.9. The Bertz CT molecular complexity index is 1250. The number of ether oxygens (including phenoxy) is 1. The van der Waals surface area contributed by atoms with Gasteiger partial charge in [0.1, 0.15) is 22.3 Å². The predicted octanol–water partition coefficient (Wildman–Crippen LogP) is 3.03. The van der Waals surface area contributed by atoms with Crippen LogP contribution in [0.25, 0.3) is 10.7 Å². The molecule has 0 unspecified atom stereocenters. The smallest absolute Gasteiger partial charge is 0.263 e. The molecule has 1 fully saturated rings. The van der Waals surface area contributed by atoms with Crippen LogP contribution in [0.2, 0.25) is 0 Å². The van der Waals surface area contributed by atoms with Crippen molar-refractivity contribution in [2.24, 2.45) is 0 Å².